The topological polar surface area (TPSA) is 88.2 Å². The molecule has 0 bridgehead atoms. The Bertz CT molecular complexity index is 1300. The molecule has 1 amide bonds. The standard InChI is InChI=1S/C22H19N3O3S2/c1-23-30(27,28)16-10-8-15(9-11-16)14-24-22(26)18-13-20(21-7-4-12-29-21)25-19-6-3-2-5-17(18)19/h2-13,23H,14H2,1H3,(H,24,26). The van der Waals surface area contributed by atoms with Crippen molar-refractivity contribution in [2.45, 2.75) is 11.4 Å². The van der Waals surface area contributed by atoms with E-state index in [1.165, 1.54) is 19.2 Å². The lowest BCUT2D eigenvalue weighted by Crippen LogP contribution is -2.23. The van der Waals surface area contributed by atoms with Crippen molar-refractivity contribution in [1.82, 2.24) is 15.0 Å². The minimum atomic E-state index is -3.48. The molecule has 0 aliphatic carbocycles. The van der Waals surface area contributed by atoms with Gasteiger partial charge in [0.15, 0.2) is 0 Å². The maximum Gasteiger partial charge on any atom is 0.252 e. The van der Waals surface area contributed by atoms with E-state index in [0.717, 1.165) is 27.0 Å². The molecule has 4 aromatic rings. The molecule has 0 spiro atoms. The fourth-order valence-electron chi connectivity index (χ4n) is 3.10. The number of fused-ring (bicyclic) bond motifs is 1. The third kappa shape index (κ3) is 4.11. The highest BCUT2D eigenvalue weighted by Gasteiger charge is 2.15. The molecule has 4 rings (SSSR count). The number of nitrogens with zero attached hydrogens (tertiary/aromatic N) is 1. The zero-order chi connectivity index (χ0) is 21.1. The van der Waals surface area contributed by atoms with E-state index < -0.39 is 10.0 Å². The maximum atomic E-state index is 13.0. The van der Waals surface area contributed by atoms with Crippen molar-refractivity contribution in [2.75, 3.05) is 7.05 Å². The Labute approximate surface area is 178 Å². The quantitative estimate of drug-likeness (QED) is 0.480. The molecule has 2 N–H and O–H groups in total. The van der Waals surface area contributed by atoms with Gasteiger partial charge >= 0.3 is 0 Å². The molecular weight excluding hydrogens is 418 g/mol. The Kier molecular flexibility index (Phi) is 5.63. The molecule has 2 heterocycles. The first-order chi connectivity index (χ1) is 14.5. The molecular formula is C22H19N3O3S2. The number of sulfonamides is 1. The lowest BCUT2D eigenvalue weighted by Gasteiger charge is -2.10. The molecule has 0 atom stereocenters. The smallest absolute Gasteiger partial charge is 0.252 e. The Morgan fingerprint density at radius 2 is 1.80 bits per heavy atom. The van der Waals surface area contributed by atoms with Gasteiger partial charge in [-0.3, -0.25) is 4.79 Å². The van der Waals surface area contributed by atoms with Gasteiger partial charge in [0.25, 0.3) is 5.91 Å². The van der Waals surface area contributed by atoms with Crippen LogP contribution >= 0.6 is 11.3 Å². The average Bonchev–Trinajstić information content (AvgIpc) is 3.32. The Morgan fingerprint density at radius 3 is 2.50 bits per heavy atom. The maximum absolute atomic E-state index is 13.0. The largest absolute Gasteiger partial charge is 0.348 e. The van der Waals surface area contributed by atoms with Crippen molar-refractivity contribution in [1.29, 1.82) is 0 Å². The highest BCUT2D eigenvalue weighted by molar-refractivity contribution is 7.89. The van der Waals surface area contributed by atoms with Crippen LogP contribution in [-0.4, -0.2) is 26.4 Å². The van der Waals surface area contributed by atoms with E-state index in [1.807, 2.05) is 47.8 Å². The predicted octanol–water partition coefficient (Wildman–Crippen LogP) is 3.80. The third-order valence-corrected chi connectivity index (χ3v) is 7.01. The minimum absolute atomic E-state index is 0.181. The summed E-state index contributed by atoms with van der Waals surface area (Å²) in [5, 5.41) is 5.68. The van der Waals surface area contributed by atoms with Crippen molar-refractivity contribution >= 4 is 38.2 Å². The lowest BCUT2D eigenvalue weighted by molar-refractivity contribution is 0.0952. The van der Waals surface area contributed by atoms with Crippen molar-refractivity contribution in [3.8, 4) is 10.6 Å². The van der Waals surface area contributed by atoms with E-state index in [-0.39, 0.29) is 17.3 Å². The van der Waals surface area contributed by atoms with Crippen LogP contribution in [0.2, 0.25) is 0 Å². The number of carbonyl (C=O) groups is 1. The first-order valence-electron chi connectivity index (χ1n) is 9.22. The Morgan fingerprint density at radius 1 is 1.03 bits per heavy atom. The summed E-state index contributed by atoms with van der Waals surface area (Å²) in [6.07, 6.45) is 0. The van der Waals surface area contributed by atoms with E-state index in [0.29, 0.717) is 5.56 Å². The van der Waals surface area contributed by atoms with Crippen LogP contribution in [0.5, 0.6) is 0 Å². The molecule has 0 radical (unpaired) electrons. The number of carbonyl (C=O) groups excluding carboxylic acids is 1. The van der Waals surface area contributed by atoms with Gasteiger partial charge in [0.2, 0.25) is 10.0 Å². The summed E-state index contributed by atoms with van der Waals surface area (Å²) in [5.74, 6) is -0.210. The van der Waals surface area contributed by atoms with Crippen LogP contribution in [0.3, 0.4) is 0 Å². The number of aromatic nitrogens is 1. The molecule has 2 aromatic heterocycles. The monoisotopic (exact) mass is 437 g/mol. The van der Waals surface area contributed by atoms with E-state index in [4.69, 9.17) is 0 Å². The van der Waals surface area contributed by atoms with Gasteiger partial charge in [-0.05, 0) is 48.3 Å². The van der Waals surface area contributed by atoms with E-state index in [1.54, 1.807) is 23.5 Å². The molecule has 8 heteroatoms. The number of hydrogen-bond donors (Lipinski definition) is 2. The first kappa shape index (κ1) is 20.2. The number of amides is 1. The summed E-state index contributed by atoms with van der Waals surface area (Å²) in [6, 6.07) is 19.7. The van der Waals surface area contributed by atoms with Crippen LogP contribution in [0.15, 0.2) is 77.0 Å². The van der Waals surface area contributed by atoms with E-state index in [9.17, 15) is 13.2 Å². The van der Waals surface area contributed by atoms with Gasteiger partial charge in [-0.1, -0.05) is 36.4 Å². The fourth-order valence-corrected chi connectivity index (χ4v) is 4.51. The van der Waals surface area contributed by atoms with Crippen molar-refractivity contribution in [3.05, 3.63) is 83.2 Å². The Balaban J connectivity index is 1.59. The van der Waals surface area contributed by atoms with Crippen molar-refractivity contribution in [3.63, 3.8) is 0 Å². The highest BCUT2D eigenvalue weighted by atomic mass is 32.2. The zero-order valence-electron chi connectivity index (χ0n) is 16.1. The van der Waals surface area contributed by atoms with Crippen LogP contribution in [0.1, 0.15) is 15.9 Å². The summed E-state index contributed by atoms with van der Waals surface area (Å²) in [7, 11) is -2.12. The first-order valence-corrected chi connectivity index (χ1v) is 11.6. The molecule has 0 saturated heterocycles. The van der Waals surface area contributed by atoms with Gasteiger partial charge in [0.1, 0.15) is 0 Å². The third-order valence-electron chi connectivity index (χ3n) is 4.69. The number of benzene rings is 2. The molecule has 0 unspecified atom stereocenters. The van der Waals surface area contributed by atoms with Crippen molar-refractivity contribution < 1.29 is 13.2 Å². The highest BCUT2D eigenvalue weighted by Crippen LogP contribution is 2.27. The second-order valence-electron chi connectivity index (χ2n) is 6.58. The van der Waals surface area contributed by atoms with Crippen LogP contribution in [0.25, 0.3) is 21.5 Å². The minimum Gasteiger partial charge on any atom is -0.348 e. The summed E-state index contributed by atoms with van der Waals surface area (Å²) in [5.41, 5.74) is 2.87. The molecule has 152 valence electrons. The normalized spacial score (nSPS) is 11.5. The summed E-state index contributed by atoms with van der Waals surface area (Å²) in [6.45, 7) is 0.281. The zero-order valence-corrected chi connectivity index (χ0v) is 17.8. The number of hydrogen-bond acceptors (Lipinski definition) is 5. The van der Waals surface area contributed by atoms with Gasteiger partial charge in [0, 0.05) is 11.9 Å². The summed E-state index contributed by atoms with van der Waals surface area (Å²) >= 11 is 1.57. The molecule has 30 heavy (non-hydrogen) atoms. The average molecular weight is 438 g/mol. The van der Waals surface area contributed by atoms with Gasteiger partial charge in [-0.15, -0.1) is 11.3 Å². The Hall–Kier alpha value is -3.07. The van der Waals surface area contributed by atoms with E-state index >= 15 is 0 Å². The predicted molar refractivity (Wildman–Crippen MR) is 119 cm³/mol. The molecule has 0 fully saturated rings. The van der Waals surface area contributed by atoms with E-state index in [2.05, 4.69) is 15.0 Å². The van der Waals surface area contributed by atoms with Crippen LogP contribution in [0.4, 0.5) is 0 Å². The van der Waals surface area contributed by atoms with Crippen molar-refractivity contribution in [2.24, 2.45) is 0 Å². The SMILES string of the molecule is CNS(=O)(=O)c1ccc(CNC(=O)c2cc(-c3cccs3)nc3ccccc23)cc1. The molecule has 0 aliphatic rings. The number of para-hydroxylation sites is 1. The molecule has 0 saturated carbocycles. The van der Waals surface area contributed by atoms with Gasteiger partial charge in [0.05, 0.1) is 26.5 Å². The van der Waals surface area contributed by atoms with Gasteiger partial charge < -0.3 is 5.32 Å². The van der Waals surface area contributed by atoms with Crippen LogP contribution < -0.4 is 10.0 Å². The van der Waals surface area contributed by atoms with Crippen LogP contribution in [0, 0.1) is 0 Å². The molecule has 6 nitrogen and oxygen atoms in total. The second-order valence-corrected chi connectivity index (χ2v) is 9.42. The summed E-state index contributed by atoms with van der Waals surface area (Å²) in [4.78, 5) is 18.9. The summed E-state index contributed by atoms with van der Waals surface area (Å²) < 4.78 is 25.9. The van der Waals surface area contributed by atoms with Crippen LogP contribution in [-0.2, 0) is 16.6 Å². The number of rotatable bonds is 6. The fraction of sp³-hybridized carbons (Fsp3) is 0.0909. The number of thiophene rings is 1. The number of nitrogens with one attached hydrogen (secondary N) is 2. The molecule has 2 aromatic carbocycles. The molecule has 0 aliphatic heterocycles. The van der Waals surface area contributed by atoms with Gasteiger partial charge in [-0.25, -0.2) is 18.1 Å². The number of pyridine rings is 1. The lowest BCUT2D eigenvalue weighted by atomic mass is 10.1. The second kappa shape index (κ2) is 8.35. The van der Waals surface area contributed by atoms with Gasteiger partial charge in [-0.2, -0.15) is 0 Å².